The molecule has 0 spiro atoms. The van der Waals surface area contributed by atoms with E-state index >= 15 is 0 Å². The van der Waals surface area contributed by atoms with Crippen molar-refractivity contribution in [3.63, 3.8) is 0 Å². The van der Waals surface area contributed by atoms with Crippen LogP contribution in [0.4, 0.5) is 0 Å². The largest absolute Gasteiger partial charge is 0.496 e. The molecule has 0 saturated carbocycles. The van der Waals surface area contributed by atoms with Crippen LogP contribution in [0.15, 0.2) is 46.0 Å². The Morgan fingerprint density at radius 3 is 2.57 bits per heavy atom. The molecule has 0 atom stereocenters. The third-order valence-electron chi connectivity index (χ3n) is 2.99. The minimum Gasteiger partial charge on any atom is -0.496 e. The zero-order chi connectivity index (χ0) is 16.8. The van der Waals surface area contributed by atoms with Gasteiger partial charge in [0.2, 0.25) is 0 Å². The number of hydrazone groups is 1. The number of hydrogen-bond donors (Lipinski definition) is 1. The molecule has 2 aromatic carbocycles. The molecule has 2 aromatic rings. The Bertz CT molecular complexity index is 750. The summed E-state index contributed by atoms with van der Waals surface area (Å²) in [6.45, 7) is 0. The van der Waals surface area contributed by atoms with Gasteiger partial charge in [0.25, 0.3) is 5.91 Å². The second kappa shape index (κ2) is 7.99. The van der Waals surface area contributed by atoms with Crippen LogP contribution in [-0.4, -0.2) is 26.3 Å². The molecule has 5 nitrogen and oxygen atoms in total. The van der Waals surface area contributed by atoms with Crippen LogP contribution in [0.3, 0.4) is 0 Å². The van der Waals surface area contributed by atoms with Crippen molar-refractivity contribution in [1.82, 2.24) is 5.43 Å². The Kier molecular flexibility index (Phi) is 6.01. The molecule has 0 aliphatic rings. The van der Waals surface area contributed by atoms with Gasteiger partial charge in [-0.3, -0.25) is 4.79 Å². The summed E-state index contributed by atoms with van der Waals surface area (Å²) in [4.78, 5) is 12.0. The van der Waals surface area contributed by atoms with Gasteiger partial charge in [0, 0.05) is 16.1 Å². The van der Waals surface area contributed by atoms with Crippen LogP contribution in [0, 0.1) is 0 Å². The van der Waals surface area contributed by atoms with Crippen molar-refractivity contribution in [2.24, 2.45) is 5.10 Å². The van der Waals surface area contributed by atoms with Crippen LogP contribution < -0.4 is 14.9 Å². The summed E-state index contributed by atoms with van der Waals surface area (Å²) in [5, 5.41) is 4.36. The van der Waals surface area contributed by atoms with Gasteiger partial charge in [-0.2, -0.15) is 5.10 Å². The number of hydrogen-bond acceptors (Lipinski definition) is 4. The number of ether oxygens (including phenoxy) is 2. The second-order valence-corrected chi connectivity index (χ2v) is 5.67. The summed E-state index contributed by atoms with van der Waals surface area (Å²) in [6.07, 6.45) is 1.46. The molecule has 0 aliphatic heterocycles. The van der Waals surface area contributed by atoms with E-state index in [1.165, 1.54) is 20.4 Å². The maximum absolute atomic E-state index is 12.0. The fourth-order valence-corrected chi connectivity index (χ4v) is 2.56. The number of carbonyl (C=O) groups excluding carboxylic acids is 1. The third kappa shape index (κ3) is 4.24. The minimum absolute atomic E-state index is 0.327. The number of nitrogens with zero attached hydrogens (tertiary/aromatic N) is 1. The van der Waals surface area contributed by atoms with E-state index in [1.807, 2.05) is 6.07 Å². The summed E-state index contributed by atoms with van der Waals surface area (Å²) in [5.74, 6) is 0.704. The molecular formula is C16H14BrClN2O3. The quantitative estimate of drug-likeness (QED) is 0.615. The smallest absolute Gasteiger partial charge is 0.272 e. The Morgan fingerprint density at radius 1 is 1.22 bits per heavy atom. The molecule has 0 aromatic heterocycles. The number of amides is 1. The molecule has 0 saturated heterocycles. The molecule has 1 amide bonds. The van der Waals surface area contributed by atoms with Gasteiger partial charge in [0.05, 0.1) is 31.0 Å². The minimum atomic E-state index is -0.327. The lowest BCUT2D eigenvalue weighted by Crippen LogP contribution is -2.18. The van der Waals surface area contributed by atoms with Crippen molar-refractivity contribution in [1.29, 1.82) is 0 Å². The van der Waals surface area contributed by atoms with Crippen LogP contribution in [0.5, 0.6) is 11.5 Å². The molecular weight excluding hydrogens is 384 g/mol. The molecule has 0 aliphatic carbocycles. The first-order chi connectivity index (χ1) is 11.1. The van der Waals surface area contributed by atoms with E-state index < -0.39 is 0 Å². The number of halogens is 2. The molecule has 23 heavy (non-hydrogen) atoms. The van der Waals surface area contributed by atoms with Crippen LogP contribution in [0.25, 0.3) is 0 Å². The molecule has 2 rings (SSSR count). The van der Waals surface area contributed by atoms with Crippen molar-refractivity contribution in [3.8, 4) is 11.5 Å². The Morgan fingerprint density at radius 2 is 1.91 bits per heavy atom. The van der Waals surface area contributed by atoms with Crippen LogP contribution >= 0.6 is 27.5 Å². The number of methoxy groups -OCH3 is 2. The first-order valence-corrected chi connectivity index (χ1v) is 7.73. The maximum atomic E-state index is 12.0. The van der Waals surface area contributed by atoms with Gasteiger partial charge < -0.3 is 9.47 Å². The predicted octanol–water partition coefficient (Wildman–Crippen LogP) is 3.88. The van der Waals surface area contributed by atoms with Crippen molar-refractivity contribution in [3.05, 3.63) is 57.0 Å². The first kappa shape index (κ1) is 17.3. The SMILES string of the molecule is COc1cc(OC)c(/C=N\NC(=O)c2ccccc2Br)cc1Cl. The summed E-state index contributed by atoms with van der Waals surface area (Å²) in [7, 11) is 3.05. The zero-order valence-corrected chi connectivity index (χ0v) is 14.8. The third-order valence-corrected chi connectivity index (χ3v) is 3.98. The molecule has 0 fully saturated rings. The molecule has 120 valence electrons. The lowest BCUT2D eigenvalue weighted by Gasteiger charge is -2.09. The van der Waals surface area contributed by atoms with Gasteiger partial charge in [-0.25, -0.2) is 5.43 Å². The van der Waals surface area contributed by atoms with E-state index in [0.29, 0.717) is 32.1 Å². The highest BCUT2D eigenvalue weighted by Gasteiger charge is 2.10. The van der Waals surface area contributed by atoms with Crippen molar-refractivity contribution < 1.29 is 14.3 Å². The summed E-state index contributed by atoms with van der Waals surface area (Å²) in [6, 6.07) is 10.4. The lowest BCUT2D eigenvalue weighted by atomic mass is 10.2. The number of nitrogens with one attached hydrogen (secondary N) is 1. The highest BCUT2D eigenvalue weighted by atomic mass is 79.9. The molecule has 0 bridgehead atoms. The topological polar surface area (TPSA) is 59.9 Å². The zero-order valence-electron chi connectivity index (χ0n) is 12.5. The van der Waals surface area contributed by atoms with E-state index in [0.717, 1.165) is 0 Å². The van der Waals surface area contributed by atoms with Gasteiger partial charge in [-0.1, -0.05) is 23.7 Å². The van der Waals surface area contributed by atoms with Crippen LogP contribution in [0.1, 0.15) is 15.9 Å². The fraction of sp³-hybridized carbons (Fsp3) is 0.125. The Labute approximate surface area is 147 Å². The van der Waals surface area contributed by atoms with Crippen molar-refractivity contribution in [2.75, 3.05) is 14.2 Å². The highest BCUT2D eigenvalue weighted by Crippen LogP contribution is 2.31. The van der Waals surface area contributed by atoms with Crippen LogP contribution in [-0.2, 0) is 0 Å². The monoisotopic (exact) mass is 396 g/mol. The standard InChI is InChI=1S/C16H14BrClN2O3/c1-22-14-8-15(23-2)13(18)7-10(14)9-19-20-16(21)11-5-3-4-6-12(11)17/h3-9H,1-2H3,(H,20,21)/b19-9-. The van der Waals surface area contributed by atoms with E-state index in [1.54, 1.807) is 30.3 Å². The van der Waals surface area contributed by atoms with Gasteiger partial charge in [-0.15, -0.1) is 0 Å². The molecule has 0 heterocycles. The fourth-order valence-electron chi connectivity index (χ4n) is 1.85. The second-order valence-electron chi connectivity index (χ2n) is 4.41. The van der Waals surface area contributed by atoms with Gasteiger partial charge in [0.15, 0.2) is 0 Å². The summed E-state index contributed by atoms with van der Waals surface area (Å²) in [5.41, 5.74) is 3.56. The van der Waals surface area contributed by atoms with Gasteiger partial charge in [-0.05, 0) is 34.1 Å². The van der Waals surface area contributed by atoms with E-state index in [2.05, 4.69) is 26.5 Å². The average molecular weight is 398 g/mol. The first-order valence-electron chi connectivity index (χ1n) is 6.56. The van der Waals surface area contributed by atoms with E-state index in [4.69, 9.17) is 21.1 Å². The van der Waals surface area contributed by atoms with Gasteiger partial charge >= 0.3 is 0 Å². The maximum Gasteiger partial charge on any atom is 0.272 e. The molecule has 0 unspecified atom stereocenters. The average Bonchev–Trinajstić information content (AvgIpc) is 2.55. The van der Waals surface area contributed by atoms with Crippen molar-refractivity contribution in [2.45, 2.75) is 0 Å². The number of benzene rings is 2. The Hall–Kier alpha value is -2.05. The highest BCUT2D eigenvalue weighted by molar-refractivity contribution is 9.10. The Balaban J connectivity index is 2.16. The van der Waals surface area contributed by atoms with Crippen LogP contribution in [0.2, 0.25) is 5.02 Å². The summed E-state index contributed by atoms with van der Waals surface area (Å²) < 4.78 is 11.1. The van der Waals surface area contributed by atoms with Crippen molar-refractivity contribution >= 4 is 39.7 Å². The lowest BCUT2D eigenvalue weighted by molar-refractivity contribution is 0.0954. The summed E-state index contributed by atoms with van der Waals surface area (Å²) >= 11 is 9.40. The van der Waals surface area contributed by atoms with E-state index in [-0.39, 0.29) is 5.91 Å². The number of rotatable bonds is 5. The predicted molar refractivity (Wildman–Crippen MR) is 93.8 cm³/mol. The molecule has 1 N–H and O–H groups in total. The molecule has 7 heteroatoms. The molecule has 0 radical (unpaired) electrons. The van der Waals surface area contributed by atoms with E-state index in [9.17, 15) is 4.79 Å². The normalized spacial score (nSPS) is 10.6. The number of carbonyl (C=O) groups is 1. The van der Waals surface area contributed by atoms with Gasteiger partial charge in [0.1, 0.15) is 11.5 Å².